The highest BCUT2D eigenvalue weighted by molar-refractivity contribution is 5.94. The van der Waals surface area contributed by atoms with Crippen LogP contribution in [0.15, 0.2) is 24.3 Å². The van der Waals surface area contributed by atoms with Crippen molar-refractivity contribution in [3.05, 3.63) is 24.3 Å². The summed E-state index contributed by atoms with van der Waals surface area (Å²) in [7, 11) is 1.64. The van der Waals surface area contributed by atoms with Crippen molar-refractivity contribution in [3.63, 3.8) is 0 Å². The number of hydrogen-bond donors (Lipinski definition) is 3. The Labute approximate surface area is 135 Å². The van der Waals surface area contributed by atoms with E-state index in [0.29, 0.717) is 24.7 Å². The third-order valence-corrected chi connectivity index (χ3v) is 2.51. The Kier molecular flexibility index (Phi) is 10.8. The lowest BCUT2D eigenvalue weighted by Crippen LogP contribution is -2.36. The molecule has 1 aromatic carbocycles. The summed E-state index contributed by atoms with van der Waals surface area (Å²) in [4.78, 5) is 22.6. The first-order valence-electron chi connectivity index (χ1n) is 6.64. The highest BCUT2D eigenvalue weighted by Crippen LogP contribution is 2.17. The van der Waals surface area contributed by atoms with Gasteiger partial charge in [-0.1, -0.05) is 6.07 Å². The van der Waals surface area contributed by atoms with Crippen LogP contribution in [0.2, 0.25) is 0 Å². The van der Waals surface area contributed by atoms with Crippen LogP contribution in [0.3, 0.4) is 0 Å². The smallest absolute Gasteiger partial charge is 0.243 e. The molecule has 1 rings (SSSR count). The van der Waals surface area contributed by atoms with Crippen LogP contribution in [0, 0.1) is 0 Å². The molecule has 2 amide bonds. The molecule has 0 aromatic heterocycles. The minimum atomic E-state index is -0.375. The molecule has 0 radical (unpaired) electrons. The number of hydrogen-bond acceptors (Lipinski definition) is 5. The fourth-order valence-electron chi connectivity index (χ4n) is 1.51. The van der Waals surface area contributed by atoms with Crippen molar-refractivity contribution in [2.75, 3.05) is 38.7 Å². The normalized spacial score (nSPS) is 9.55. The molecule has 0 atom stereocenters. The number of nitrogens with one attached hydrogen (secondary N) is 2. The zero-order valence-electron chi connectivity index (χ0n) is 12.5. The van der Waals surface area contributed by atoms with Crippen LogP contribution < -0.4 is 21.1 Å². The molecule has 0 saturated heterocycles. The number of ether oxygens (including phenoxy) is 2. The maximum Gasteiger partial charge on any atom is 0.243 e. The number of amides is 2. The molecular formula is C14H22ClN3O4. The van der Waals surface area contributed by atoms with Crippen LogP contribution >= 0.6 is 12.4 Å². The predicted molar refractivity (Wildman–Crippen MR) is 86.4 cm³/mol. The molecule has 0 aliphatic carbocycles. The SMILES string of the molecule is COCCCOc1cccc(NC(=O)CNC(=O)CN)c1.Cl. The quantitative estimate of drug-likeness (QED) is 0.573. The fraction of sp³-hybridized carbons (Fsp3) is 0.429. The van der Waals surface area contributed by atoms with Gasteiger partial charge in [-0.15, -0.1) is 12.4 Å². The summed E-state index contributed by atoms with van der Waals surface area (Å²) in [6.45, 7) is 0.919. The minimum absolute atomic E-state index is 0. The van der Waals surface area contributed by atoms with E-state index in [1.165, 1.54) is 0 Å². The molecule has 0 spiro atoms. The second-order valence-electron chi connectivity index (χ2n) is 4.25. The molecule has 0 heterocycles. The summed E-state index contributed by atoms with van der Waals surface area (Å²) in [6.07, 6.45) is 0.790. The largest absolute Gasteiger partial charge is 0.493 e. The van der Waals surface area contributed by atoms with Gasteiger partial charge >= 0.3 is 0 Å². The molecule has 0 saturated carbocycles. The van der Waals surface area contributed by atoms with Gasteiger partial charge in [-0.3, -0.25) is 9.59 Å². The Hall–Kier alpha value is -1.83. The van der Waals surface area contributed by atoms with E-state index in [-0.39, 0.29) is 37.3 Å². The van der Waals surface area contributed by atoms with Gasteiger partial charge in [-0.25, -0.2) is 0 Å². The van der Waals surface area contributed by atoms with Crippen molar-refractivity contribution in [2.24, 2.45) is 5.73 Å². The van der Waals surface area contributed by atoms with Gasteiger partial charge < -0.3 is 25.8 Å². The number of rotatable bonds is 9. The number of halogens is 1. The van der Waals surface area contributed by atoms with Gasteiger partial charge in [-0.2, -0.15) is 0 Å². The lowest BCUT2D eigenvalue weighted by molar-refractivity contribution is -0.123. The highest BCUT2D eigenvalue weighted by atomic mass is 35.5. The van der Waals surface area contributed by atoms with Gasteiger partial charge in [0.15, 0.2) is 0 Å². The maximum atomic E-state index is 11.6. The molecule has 0 aliphatic rings. The van der Waals surface area contributed by atoms with E-state index in [4.69, 9.17) is 15.2 Å². The lowest BCUT2D eigenvalue weighted by atomic mass is 10.3. The van der Waals surface area contributed by atoms with Gasteiger partial charge in [0.1, 0.15) is 5.75 Å². The Balaban J connectivity index is 0.00000441. The number of benzene rings is 1. The number of nitrogens with two attached hydrogens (primary N) is 1. The summed E-state index contributed by atoms with van der Waals surface area (Å²) in [5.41, 5.74) is 5.73. The monoisotopic (exact) mass is 331 g/mol. The summed E-state index contributed by atoms with van der Waals surface area (Å²) >= 11 is 0. The Morgan fingerprint density at radius 2 is 2.00 bits per heavy atom. The molecule has 4 N–H and O–H groups in total. The molecular weight excluding hydrogens is 310 g/mol. The minimum Gasteiger partial charge on any atom is -0.493 e. The van der Waals surface area contributed by atoms with Gasteiger partial charge in [-0.05, 0) is 12.1 Å². The molecule has 124 valence electrons. The highest BCUT2D eigenvalue weighted by Gasteiger charge is 2.05. The summed E-state index contributed by atoms with van der Waals surface area (Å²) in [6, 6.07) is 7.04. The van der Waals surface area contributed by atoms with Crippen molar-refractivity contribution in [1.29, 1.82) is 0 Å². The van der Waals surface area contributed by atoms with E-state index in [2.05, 4.69) is 10.6 Å². The van der Waals surface area contributed by atoms with Crippen molar-refractivity contribution < 1.29 is 19.1 Å². The molecule has 22 heavy (non-hydrogen) atoms. The number of methoxy groups -OCH3 is 1. The van der Waals surface area contributed by atoms with Crippen LogP contribution in [-0.4, -0.2) is 45.2 Å². The number of anilines is 1. The third-order valence-electron chi connectivity index (χ3n) is 2.51. The van der Waals surface area contributed by atoms with Gasteiger partial charge in [0.05, 0.1) is 19.7 Å². The average molecular weight is 332 g/mol. The van der Waals surface area contributed by atoms with E-state index in [1.807, 2.05) is 0 Å². The van der Waals surface area contributed by atoms with Crippen molar-refractivity contribution in [2.45, 2.75) is 6.42 Å². The average Bonchev–Trinajstić information content (AvgIpc) is 2.49. The van der Waals surface area contributed by atoms with Gasteiger partial charge in [0.25, 0.3) is 0 Å². The van der Waals surface area contributed by atoms with Crippen LogP contribution in [0.5, 0.6) is 5.75 Å². The summed E-state index contributed by atoms with van der Waals surface area (Å²) in [5.74, 6) is -0.0383. The second-order valence-corrected chi connectivity index (χ2v) is 4.25. The van der Waals surface area contributed by atoms with E-state index in [9.17, 15) is 9.59 Å². The summed E-state index contributed by atoms with van der Waals surface area (Å²) < 4.78 is 10.5. The van der Waals surface area contributed by atoms with Crippen molar-refractivity contribution in [1.82, 2.24) is 5.32 Å². The van der Waals surface area contributed by atoms with E-state index in [0.717, 1.165) is 6.42 Å². The van der Waals surface area contributed by atoms with Crippen LogP contribution in [-0.2, 0) is 14.3 Å². The van der Waals surface area contributed by atoms with Crippen LogP contribution in [0.1, 0.15) is 6.42 Å². The van der Waals surface area contributed by atoms with E-state index >= 15 is 0 Å². The van der Waals surface area contributed by atoms with Crippen molar-refractivity contribution in [3.8, 4) is 5.75 Å². The first-order chi connectivity index (χ1) is 10.2. The molecule has 0 aliphatic heterocycles. The Morgan fingerprint density at radius 3 is 2.68 bits per heavy atom. The molecule has 0 unspecified atom stereocenters. The first kappa shape index (κ1) is 20.2. The molecule has 8 heteroatoms. The van der Waals surface area contributed by atoms with Crippen LogP contribution in [0.4, 0.5) is 5.69 Å². The fourth-order valence-corrected chi connectivity index (χ4v) is 1.51. The number of carbonyl (C=O) groups excluding carboxylic acids is 2. The third kappa shape index (κ3) is 8.46. The van der Waals surface area contributed by atoms with E-state index in [1.54, 1.807) is 31.4 Å². The maximum absolute atomic E-state index is 11.6. The second kappa shape index (κ2) is 11.8. The van der Waals surface area contributed by atoms with E-state index < -0.39 is 0 Å². The molecule has 1 aromatic rings. The zero-order chi connectivity index (χ0) is 15.5. The Bertz CT molecular complexity index is 471. The molecule has 0 bridgehead atoms. The first-order valence-corrected chi connectivity index (χ1v) is 6.64. The van der Waals surface area contributed by atoms with Gasteiger partial charge in [0.2, 0.25) is 11.8 Å². The van der Waals surface area contributed by atoms with Gasteiger partial charge in [0, 0.05) is 31.9 Å². The zero-order valence-corrected chi connectivity index (χ0v) is 13.3. The lowest BCUT2D eigenvalue weighted by Gasteiger charge is -2.09. The van der Waals surface area contributed by atoms with Crippen molar-refractivity contribution >= 4 is 29.9 Å². The Morgan fingerprint density at radius 1 is 1.23 bits per heavy atom. The number of carbonyl (C=O) groups is 2. The summed E-state index contributed by atoms with van der Waals surface area (Å²) in [5, 5.41) is 5.06. The van der Waals surface area contributed by atoms with Crippen LogP contribution in [0.25, 0.3) is 0 Å². The standard InChI is InChI=1S/C14H21N3O4.ClH/c1-20-6-3-7-21-12-5-2-4-11(8-12)17-14(19)10-16-13(18)9-15;/h2,4-5,8H,3,6-7,9-10,15H2,1H3,(H,16,18)(H,17,19);1H. The topological polar surface area (TPSA) is 103 Å². The molecule has 7 nitrogen and oxygen atoms in total. The predicted octanol–water partition coefficient (Wildman–Crippen LogP) is 0.537. The molecule has 0 fully saturated rings.